The number of hydrogen-bond acceptors (Lipinski definition) is 5. The fraction of sp³-hybridized carbons (Fsp3) is 0.167. The third-order valence-electron chi connectivity index (χ3n) is 5.52. The molecule has 1 saturated heterocycles. The number of furan rings is 1. The Labute approximate surface area is 198 Å². The molecule has 4 rings (SSSR count). The fourth-order valence-electron chi connectivity index (χ4n) is 3.64. The van der Waals surface area contributed by atoms with E-state index >= 15 is 0 Å². The van der Waals surface area contributed by atoms with Crippen molar-refractivity contribution in [3.63, 3.8) is 0 Å². The molecule has 5 amide bonds. The average molecular weight is 482 g/mol. The molecule has 0 spiro atoms. The molecule has 1 fully saturated rings. The first kappa shape index (κ1) is 23.6. The van der Waals surface area contributed by atoms with E-state index in [9.17, 15) is 28.0 Å². The second-order valence-corrected chi connectivity index (χ2v) is 7.93. The maximum absolute atomic E-state index is 13.7. The van der Waals surface area contributed by atoms with Gasteiger partial charge < -0.3 is 20.4 Å². The highest BCUT2D eigenvalue weighted by Crippen LogP contribution is 2.29. The standard InChI is InChI=1S/C24H20F2N4O5/c1-24(14-8-9-17(25)18(26)11-14)22(33)30(23(34)29-24)13-20(31)28-19-7-3-2-6-16(19)21(32)27-12-15-5-4-10-35-15/h2-11H,12-13H2,1H3,(H,27,32)(H,28,31)(H,29,34)/t24-/m1/s1. The van der Waals surface area contributed by atoms with Gasteiger partial charge in [-0.05, 0) is 48.9 Å². The number of para-hydroxylation sites is 1. The smallest absolute Gasteiger partial charge is 0.325 e. The summed E-state index contributed by atoms with van der Waals surface area (Å²) in [4.78, 5) is 51.4. The summed E-state index contributed by atoms with van der Waals surface area (Å²) < 4.78 is 32.2. The van der Waals surface area contributed by atoms with Crippen LogP contribution >= 0.6 is 0 Å². The molecular weight excluding hydrogens is 462 g/mol. The summed E-state index contributed by atoms with van der Waals surface area (Å²) in [6.45, 7) is 0.807. The molecule has 1 atom stereocenters. The van der Waals surface area contributed by atoms with E-state index < -0.39 is 47.5 Å². The maximum Gasteiger partial charge on any atom is 0.325 e. The lowest BCUT2D eigenvalue weighted by Crippen LogP contribution is -2.42. The van der Waals surface area contributed by atoms with E-state index in [-0.39, 0.29) is 23.4 Å². The van der Waals surface area contributed by atoms with Gasteiger partial charge in [-0.3, -0.25) is 19.3 Å². The Balaban J connectivity index is 1.45. The first-order valence-corrected chi connectivity index (χ1v) is 10.5. The van der Waals surface area contributed by atoms with Gasteiger partial charge in [0.2, 0.25) is 5.91 Å². The Morgan fingerprint density at radius 3 is 2.54 bits per heavy atom. The molecule has 0 bridgehead atoms. The van der Waals surface area contributed by atoms with Gasteiger partial charge in [0.1, 0.15) is 17.8 Å². The van der Waals surface area contributed by atoms with E-state index in [0.717, 1.165) is 12.1 Å². The van der Waals surface area contributed by atoms with Gasteiger partial charge in [-0.2, -0.15) is 0 Å². The summed E-state index contributed by atoms with van der Waals surface area (Å²) in [5.74, 6) is -3.76. The van der Waals surface area contributed by atoms with Crippen LogP contribution in [-0.4, -0.2) is 35.2 Å². The van der Waals surface area contributed by atoms with Crippen LogP contribution in [0.15, 0.2) is 65.3 Å². The molecule has 0 radical (unpaired) electrons. The van der Waals surface area contributed by atoms with Crippen molar-refractivity contribution in [1.82, 2.24) is 15.5 Å². The number of anilines is 1. The zero-order valence-electron chi connectivity index (χ0n) is 18.4. The molecule has 180 valence electrons. The number of hydrogen-bond donors (Lipinski definition) is 3. The largest absolute Gasteiger partial charge is 0.467 e. The van der Waals surface area contributed by atoms with Crippen LogP contribution in [-0.2, 0) is 21.7 Å². The van der Waals surface area contributed by atoms with Crippen molar-refractivity contribution < 1.29 is 32.4 Å². The lowest BCUT2D eigenvalue weighted by atomic mass is 9.92. The van der Waals surface area contributed by atoms with Crippen LogP contribution in [0.2, 0.25) is 0 Å². The van der Waals surface area contributed by atoms with E-state index in [1.807, 2.05) is 0 Å². The zero-order chi connectivity index (χ0) is 25.2. The summed E-state index contributed by atoms with van der Waals surface area (Å²) in [5, 5.41) is 7.62. The molecule has 3 N–H and O–H groups in total. The molecule has 1 aliphatic heterocycles. The second-order valence-electron chi connectivity index (χ2n) is 7.93. The first-order valence-electron chi connectivity index (χ1n) is 10.5. The zero-order valence-corrected chi connectivity index (χ0v) is 18.4. The summed E-state index contributed by atoms with van der Waals surface area (Å²) in [6, 6.07) is 11.6. The molecule has 1 aromatic heterocycles. The number of imide groups is 1. The minimum absolute atomic E-state index is 0.0243. The molecule has 9 nitrogen and oxygen atoms in total. The van der Waals surface area contributed by atoms with Crippen LogP contribution < -0.4 is 16.0 Å². The number of nitrogens with zero attached hydrogens (tertiary/aromatic N) is 1. The van der Waals surface area contributed by atoms with Gasteiger partial charge >= 0.3 is 6.03 Å². The Bertz CT molecular complexity index is 1310. The van der Waals surface area contributed by atoms with E-state index in [1.54, 1.807) is 24.3 Å². The quantitative estimate of drug-likeness (QED) is 0.447. The topological polar surface area (TPSA) is 121 Å². The van der Waals surface area contributed by atoms with Crippen LogP contribution in [0.5, 0.6) is 0 Å². The van der Waals surface area contributed by atoms with E-state index in [0.29, 0.717) is 10.7 Å². The second kappa shape index (κ2) is 9.37. The van der Waals surface area contributed by atoms with Crippen molar-refractivity contribution in [3.8, 4) is 0 Å². The Morgan fingerprint density at radius 2 is 1.83 bits per heavy atom. The monoisotopic (exact) mass is 482 g/mol. The minimum Gasteiger partial charge on any atom is -0.467 e. The number of carbonyl (C=O) groups excluding carboxylic acids is 4. The maximum atomic E-state index is 13.7. The average Bonchev–Trinajstić information content (AvgIpc) is 3.42. The van der Waals surface area contributed by atoms with Gasteiger partial charge in [-0.25, -0.2) is 13.6 Å². The van der Waals surface area contributed by atoms with Crippen molar-refractivity contribution in [2.75, 3.05) is 11.9 Å². The third-order valence-corrected chi connectivity index (χ3v) is 5.52. The van der Waals surface area contributed by atoms with Crippen LogP contribution in [0, 0.1) is 11.6 Å². The lowest BCUT2D eigenvalue weighted by molar-refractivity contribution is -0.133. The number of urea groups is 1. The molecule has 0 saturated carbocycles. The molecule has 0 aliphatic carbocycles. The number of rotatable bonds is 7. The van der Waals surface area contributed by atoms with Crippen molar-refractivity contribution in [1.29, 1.82) is 0 Å². The van der Waals surface area contributed by atoms with Gasteiger partial charge in [0.05, 0.1) is 24.1 Å². The number of benzene rings is 2. The highest BCUT2D eigenvalue weighted by Gasteiger charge is 2.49. The highest BCUT2D eigenvalue weighted by atomic mass is 19.2. The predicted octanol–water partition coefficient (Wildman–Crippen LogP) is 2.89. The van der Waals surface area contributed by atoms with E-state index in [2.05, 4.69) is 16.0 Å². The third kappa shape index (κ3) is 4.74. The molecule has 3 aromatic rings. The van der Waals surface area contributed by atoms with Crippen LogP contribution in [0.1, 0.15) is 28.6 Å². The molecule has 1 aliphatic rings. The van der Waals surface area contributed by atoms with Crippen molar-refractivity contribution in [3.05, 3.63) is 89.4 Å². The van der Waals surface area contributed by atoms with Gasteiger partial charge in [0, 0.05) is 0 Å². The number of amides is 5. The SMILES string of the molecule is C[C@]1(c2ccc(F)c(F)c2)NC(=O)N(CC(=O)Nc2ccccc2C(=O)NCc2ccco2)C1=O. The molecule has 35 heavy (non-hydrogen) atoms. The Kier molecular flexibility index (Phi) is 6.32. The van der Waals surface area contributed by atoms with Crippen LogP contribution in [0.25, 0.3) is 0 Å². The van der Waals surface area contributed by atoms with Crippen molar-refractivity contribution in [2.45, 2.75) is 19.0 Å². The fourth-order valence-corrected chi connectivity index (χ4v) is 3.64. The minimum atomic E-state index is -1.68. The van der Waals surface area contributed by atoms with Crippen molar-refractivity contribution in [2.24, 2.45) is 0 Å². The van der Waals surface area contributed by atoms with Gasteiger partial charge in [-0.1, -0.05) is 18.2 Å². The molecule has 2 heterocycles. The van der Waals surface area contributed by atoms with Crippen LogP contribution in [0.3, 0.4) is 0 Å². The Morgan fingerprint density at radius 1 is 1.06 bits per heavy atom. The normalized spacial score (nSPS) is 17.3. The number of halogens is 2. The summed E-state index contributed by atoms with van der Waals surface area (Å²) in [6.07, 6.45) is 1.48. The van der Waals surface area contributed by atoms with Gasteiger partial charge in [0.15, 0.2) is 11.6 Å². The predicted molar refractivity (Wildman–Crippen MR) is 119 cm³/mol. The van der Waals surface area contributed by atoms with E-state index in [1.165, 1.54) is 31.4 Å². The first-order chi connectivity index (χ1) is 16.7. The number of carbonyl (C=O) groups is 4. The van der Waals surface area contributed by atoms with Crippen LogP contribution in [0.4, 0.5) is 19.3 Å². The lowest BCUT2D eigenvalue weighted by Gasteiger charge is -2.22. The molecule has 11 heteroatoms. The van der Waals surface area contributed by atoms with Crippen molar-refractivity contribution >= 4 is 29.4 Å². The number of nitrogens with one attached hydrogen (secondary N) is 3. The Hall–Kier alpha value is -4.54. The summed E-state index contributed by atoms with van der Waals surface area (Å²) >= 11 is 0. The van der Waals surface area contributed by atoms with Gasteiger partial charge in [0.25, 0.3) is 11.8 Å². The van der Waals surface area contributed by atoms with Gasteiger partial charge in [-0.15, -0.1) is 0 Å². The highest BCUT2D eigenvalue weighted by molar-refractivity contribution is 6.11. The van der Waals surface area contributed by atoms with E-state index in [4.69, 9.17) is 4.42 Å². The molecule has 2 aromatic carbocycles. The summed E-state index contributed by atoms with van der Waals surface area (Å²) in [7, 11) is 0. The molecular formula is C24H20F2N4O5. The molecule has 0 unspecified atom stereocenters. The summed E-state index contributed by atoms with van der Waals surface area (Å²) in [5.41, 5.74) is -1.33.